The minimum absolute atomic E-state index is 0.00952. The fourth-order valence-electron chi connectivity index (χ4n) is 7.07. The smallest absolute Gasteiger partial charge is 0.253 e. The predicted octanol–water partition coefficient (Wildman–Crippen LogP) is 5.01. The summed E-state index contributed by atoms with van der Waals surface area (Å²) in [5, 5.41) is 3.68. The number of nitrogens with two attached hydrogens (primary N) is 1. The average Bonchev–Trinajstić information content (AvgIpc) is 3.06. The van der Waals surface area contributed by atoms with Crippen LogP contribution in [0, 0.1) is 13.8 Å². The van der Waals surface area contributed by atoms with E-state index in [1.165, 1.54) is 5.56 Å². The van der Waals surface area contributed by atoms with Crippen LogP contribution in [0.3, 0.4) is 0 Å². The Kier molecular flexibility index (Phi) is 9.51. The number of fused-ring (bicyclic) bond motifs is 2. The fourth-order valence-corrected chi connectivity index (χ4v) is 7.07. The van der Waals surface area contributed by atoms with E-state index in [2.05, 4.69) is 23.5 Å². The molecule has 48 heavy (non-hydrogen) atoms. The number of ketones is 2. The summed E-state index contributed by atoms with van der Waals surface area (Å²) < 4.78 is 8.70. The molecule has 2 aromatic carbocycles. The number of pyridine rings is 2. The number of nitrogens with one attached hydrogen (secondary N) is 1. The number of benzene rings is 2. The van der Waals surface area contributed by atoms with E-state index >= 15 is 0 Å². The van der Waals surface area contributed by atoms with E-state index in [1.807, 2.05) is 44.4 Å². The minimum atomic E-state index is 0.00952. The van der Waals surface area contributed by atoms with Crippen LogP contribution < -0.4 is 22.2 Å². The maximum Gasteiger partial charge on any atom is 0.253 e. The molecule has 3 N–H and O–H groups in total. The monoisotopic (exact) mass is 648 g/mol. The lowest BCUT2D eigenvalue weighted by molar-refractivity contribution is -0.119. The summed E-state index contributed by atoms with van der Waals surface area (Å²) in [5.41, 5.74) is 17.9. The van der Waals surface area contributed by atoms with Gasteiger partial charge in [0.1, 0.15) is 11.6 Å². The van der Waals surface area contributed by atoms with E-state index in [4.69, 9.17) is 10.5 Å². The number of Topliss-reactive ketones (excluding diaryl/α,β-unsaturated/α-hetero) is 2. The van der Waals surface area contributed by atoms with Crippen molar-refractivity contribution in [2.24, 2.45) is 14.1 Å². The minimum Gasteiger partial charge on any atom is -0.398 e. The van der Waals surface area contributed by atoms with Crippen molar-refractivity contribution >= 4 is 22.9 Å². The lowest BCUT2D eigenvalue weighted by Gasteiger charge is -2.28. The van der Waals surface area contributed by atoms with Crippen LogP contribution in [0.1, 0.15) is 59.1 Å². The Morgan fingerprint density at radius 2 is 1.17 bits per heavy atom. The quantitative estimate of drug-likeness (QED) is 0.298. The van der Waals surface area contributed by atoms with Gasteiger partial charge in [-0.3, -0.25) is 19.2 Å². The summed E-state index contributed by atoms with van der Waals surface area (Å²) >= 11 is 0. The molecule has 0 spiro atoms. The number of hydrogen-bond acceptors (Lipinski definition) is 7. The molecule has 1 saturated heterocycles. The molecule has 0 radical (unpaired) electrons. The van der Waals surface area contributed by atoms with Gasteiger partial charge in [-0.1, -0.05) is 12.1 Å². The van der Waals surface area contributed by atoms with Gasteiger partial charge >= 0.3 is 0 Å². The molecule has 0 saturated carbocycles. The summed E-state index contributed by atoms with van der Waals surface area (Å²) in [7, 11) is 3.54. The molecule has 3 aliphatic rings. The van der Waals surface area contributed by atoms with E-state index in [1.54, 1.807) is 23.2 Å². The van der Waals surface area contributed by atoms with Gasteiger partial charge in [-0.15, -0.1) is 0 Å². The van der Waals surface area contributed by atoms with Gasteiger partial charge in [-0.05, 0) is 108 Å². The number of nitrogens with zero attached hydrogens (tertiary/aromatic N) is 2. The molecule has 4 aromatic rings. The summed E-state index contributed by atoms with van der Waals surface area (Å²) in [5.74, 6) is 0.558. The van der Waals surface area contributed by atoms with Crippen molar-refractivity contribution in [3.63, 3.8) is 0 Å². The van der Waals surface area contributed by atoms with Gasteiger partial charge in [-0.25, -0.2) is 0 Å². The highest BCUT2D eigenvalue weighted by Gasteiger charge is 2.23. The number of carbonyl (C=O) groups is 2. The Morgan fingerprint density at radius 1 is 0.667 bits per heavy atom. The number of rotatable bonds is 4. The summed E-state index contributed by atoms with van der Waals surface area (Å²) in [4.78, 5) is 47.5. The van der Waals surface area contributed by atoms with E-state index in [9.17, 15) is 19.2 Å². The van der Waals surface area contributed by atoms with Crippen LogP contribution >= 0.6 is 0 Å². The second-order valence-electron chi connectivity index (χ2n) is 13.5. The topological polar surface area (TPSA) is 125 Å². The number of carbonyl (C=O) groups excluding carboxylic acids is 2. The molecule has 0 atom stereocenters. The Hall–Kier alpha value is -4.76. The first kappa shape index (κ1) is 33.2. The van der Waals surface area contributed by atoms with Gasteiger partial charge in [0.15, 0.2) is 0 Å². The summed E-state index contributed by atoms with van der Waals surface area (Å²) in [6.07, 6.45) is 9.35. The second-order valence-corrected chi connectivity index (χ2v) is 13.5. The first-order chi connectivity index (χ1) is 23.0. The summed E-state index contributed by atoms with van der Waals surface area (Å²) in [6, 6.07) is 12.5. The highest BCUT2D eigenvalue weighted by atomic mass is 16.5. The molecule has 3 heterocycles. The normalized spacial score (nSPS) is 16.1. The molecular weight excluding hydrogens is 604 g/mol. The second kappa shape index (κ2) is 13.8. The molecule has 9 nitrogen and oxygen atoms in total. The third-order valence-electron chi connectivity index (χ3n) is 9.79. The zero-order valence-corrected chi connectivity index (χ0v) is 28.3. The maximum atomic E-state index is 12.1. The van der Waals surface area contributed by atoms with Gasteiger partial charge in [0.05, 0.1) is 0 Å². The van der Waals surface area contributed by atoms with E-state index in [0.717, 1.165) is 89.1 Å². The van der Waals surface area contributed by atoms with Crippen LogP contribution in [0.2, 0.25) is 0 Å². The number of nitrogen functional groups attached to an aromatic ring is 1. The molecule has 0 unspecified atom stereocenters. The Labute approximate surface area is 280 Å². The Balaban J connectivity index is 0.000000173. The van der Waals surface area contributed by atoms with E-state index in [-0.39, 0.29) is 16.9 Å². The third kappa shape index (κ3) is 7.06. The predicted molar refractivity (Wildman–Crippen MR) is 190 cm³/mol. The first-order valence-electron chi connectivity index (χ1n) is 16.8. The molecule has 2 aromatic heterocycles. The van der Waals surface area contributed by atoms with Crippen molar-refractivity contribution in [1.82, 2.24) is 9.13 Å². The van der Waals surface area contributed by atoms with Crippen molar-refractivity contribution < 1.29 is 14.3 Å². The molecule has 7 rings (SSSR count). The van der Waals surface area contributed by atoms with Crippen LogP contribution in [-0.2, 0) is 54.1 Å². The van der Waals surface area contributed by atoms with E-state index in [0.29, 0.717) is 48.8 Å². The van der Waals surface area contributed by atoms with Gasteiger partial charge < -0.3 is 24.9 Å². The lowest BCUT2D eigenvalue weighted by atomic mass is 9.86. The number of hydrogen-bond donors (Lipinski definition) is 2. The van der Waals surface area contributed by atoms with E-state index < -0.39 is 0 Å². The first-order valence-corrected chi connectivity index (χ1v) is 16.8. The van der Waals surface area contributed by atoms with Crippen molar-refractivity contribution in [3.8, 4) is 22.3 Å². The van der Waals surface area contributed by atoms with Crippen molar-refractivity contribution in [3.05, 3.63) is 103 Å². The highest BCUT2D eigenvalue weighted by Crippen LogP contribution is 2.34. The van der Waals surface area contributed by atoms with Crippen LogP contribution in [0.15, 0.2) is 58.4 Å². The third-order valence-corrected chi connectivity index (χ3v) is 9.79. The molecule has 0 amide bonds. The van der Waals surface area contributed by atoms with Gasteiger partial charge in [-0.2, -0.15) is 0 Å². The summed E-state index contributed by atoms with van der Waals surface area (Å²) in [6.45, 7) is 5.22. The van der Waals surface area contributed by atoms with Gasteiger partial charge in [0, 0.05) is 93.9 Å². The number of ether oxygens (including phenoxy) is 1. The van der Waals surface area contributed by atoms with Crippen molar-refractivity contribution in [2.45, 2.75) is 71.3 Å². The Bertz CT molecular complexity index is 1980. The highest BCUT2D eigenvalue weighted by molar-refractivity contribution is 5.87. The zero-order chi connectivity index (χ0) is 34.1. The average molecular weight is 649 g/mol. The Morgan fingerprint density at radius 3 is 1.71 bits per heavy atom. The molecule has 1 fully saturated rings. The van der Waals surface area contributed by atoms with Gasteiger partial charge in [0.25, 0.3) is 11.1 Å². The zero-order valence-electron chi connectivity index (χ0n) is 28.3. The van der Waals surface area contributed by atoms with Crippen LogP contribution in [0.5, 0.6) is 0 Å². The molecule has 9 heteroatoms. The maximum absolute atomic E-state index is 12.1. The number of aryl methyl sites for hydroxylation is 6. The van der Waals surface area contributed by atoms with Crippen molar-refractivity contribution in [2.75, 3.05) is 24.3 Å². The molecule has 250 valence electrons. The molecule has 2 aliphatic carbocycles. The van der Waals surface area contributed by atoms with Crippen LogP contribution in [-0.4, -0.2) is 40.0 Å². The standard InChI is InChI=1S/C22H26N2O3.C17H18N2O2/c1-14-9-17(13-24(2)22(14)26)16-10-15-3-4-19(25)12-20(15)21(11-16)23-18-5-7-27-8-6-18;1-10-5-13(9-19(2)17(10)21)12-6-11-3-4-14(20)8-15(11)16(18)7-12/h9-11,13,18,23H,3-8,12H2,1-2H3;5-7,9H,3-4,8,18H2,1-2H3. The van der Waals surface area contributed by atoms with Crippen LogP contribution in [0.4, 0.5) is 11.4 Å². The number of anilines is 2. The molecular formula is C39H44N4O5. The van der Waals surface area contributed by atoms with Crippen LogP contribution in [0.25, 0.3) is 22.3 Å². The lowest BCUT2D eigenvalue weighted by Crippen LogP contribution is -2.29. The number of aromatic nitrogens is 2. The fraction of sp³-hybridized carbons (Fsp3) is 0.385. The largest absolute Gasteiger partial charge is 0.398 e. The van der Waals surface area contributed by atoms with Crippen molar-refractivity contribution in [1.29, 1.82) is 0 Å². The SMILES string of the molecule is Cc1cc(-c2cc(N)c3c(c2)CCC(=O)C3)cn(C)c1=O.Cc1cc(-c2cc3c(c(NC4CCOCC4)c2)CC(=O)CC3)cn(C)c1=O. The molecule has 1 aliphatic heterocycles. The van der Waals surface area contributed by atoms with Gasteiger partial charge in [0.2, 0.25) is 0 Å². The molecule has 0 bridgehead atoms.